The molecule has 0 unspecified atom stereocenters. The summed E-state index contributed by atoms with van der Waals surface area (Å²) in [7, 11) is 1.05. The third-order valence-electron chi connectivity index (χ3n) is 13.9. The van der Waals surface area contributed by atoms with E-state index >= 15 is 9.59 Å². The molecule has 0 radical (unpaired) electrons. The number of aliphatic hydroxyl groups is 1. The Morgan fingerprint density at radius 2 is 1.66 bits per heavy atom. The van der Waals surface area contributed by atoms with Gasteiger partial charge in [-0.05, 0) is 111 Å². The van der Waals surface area contributed by atoms with Crippen molar-refractivity contribution in [1.29, 1.82) is 0 Å². The molecule has 2 fully saturated rings. The molecule has 2 aromatic rings. The van der Waals surface area contributed by atoms with Gasteiger partial charge in [0.25, 0.3) is 5.88 Å². The van der Waals surface area contributed by atoms with Crippen molar-refractivity contribution >= 4 is 31.3 Å². The van der Waals surface area contributed by atoms with Crippen LogP contribution in [0.5, 0.6) is 11.6 Å². The fourth-order valence-electron chi connectivity index (χ4n) is 9.13. The van der Waals surface area contributed by atoms with E-state index < -0.39 is 37.4 Å². The largest absolute Gasteiger partial charge is 0.507 e. The summed E-state index contributed by atoms with van der Waals surface area (Å²) in [5.74, 6) is -0.929. The van der Waals surface area contributed by atoms with Crippen LogP contribution < -0.4 is 19.7 Å². The lowest BCUT2D eigenvalue weighted by molar-refractivity contribution is -0.140. The number of hydrogen-bond donors (Lipinski definition) is 2. The molecule has 3 aliphatic carbocycles. The zero-order valence-corrected chi connectivity index (χ0v) is 38.8. The fraction of sp³-hybridized carbons (Fsp3) is 0.717. The summed E-state index contributed by atoms with van der Waals surface area (Å²) in [6.07, 6.45) is 6.62. The van der Waals surface area contributed by atoms with Crippen LogP contribution in [0.25, 0.3) is 5.76 Å². The minimum atomic E-state index is -2.85. The molecule has 5 atom stereocenters. The molecule has 1 saturated heterocycles. The molecule has 2 heterocycles. The number of anilines is 1. The van der Waals surface area contributed by atoms with Crippen molar-refractivity contribution < 1.29 is 33.1 Å². The highest BCUT2D eigenvalue weighted by atomic mass is 28.4. The molecule has 58 heavy (non-hydrogen) atoms. The Balaban J connectivity index is 1.60. The second-order valence-corrected chi connectivity index (χ2v) is 24.9. The third kappa shape index (κ3) is 7.80. The van der Waals surface area contributed by atoms with Gasteiger partial charge in [0.1, 0.15) is 17.1 Å². The lowest BCUT2D eigenvalue weighted by Gasteiger charge is -2.55. The summed E-state index contributed by atoms with van der Waals surface area (Å²) >= 11 is 0. The molecule has 1 aromatic heterocycles. The van der Waals surface area contributed by atoms with Crippen LogP contribution in [0.3, 0.4) is 0 Å². The number of hydrogen-bond acceptors (Lipinski definition) is 11. The summed E-state index contributed by atoms with van der Waals surface area (Å²) in [5.41, 5.74) is 2.44. The zero-order valence-electron chi connectivity index (χ0n) is 37.8. The standard InChI is InChI=1S/C46H72N4O7Si/c1-14-16-22-54-33-26-30(27-47-28(3)44(4,5)6)37(50-20-18-19-21-50)31-24-29-25-32-38(49(10)11)40-36(43(48-56-40)55-23-17-15-2)42(53)46(32,57-58(12,13)45(7,8)9)41(52)34(29)39(51)35(31)33/h26,28-29,32,38,47,51H,14-25,27H2,1-13H3/t28-,29+,32+,38+,46+/m1/s1. The zero-order chi connectivity index (χ0) is 42.5. The number of aliphatic hydroxyl groups excluding tert-OH is 1. The summed E-state index contributed by atoms with van der Waals surface area (Å²) in [4.78, 5) is 36.0. The molecule has 4 aliphatic rings. The van der Waals surface area contributed by atoms with Crippen LogP contribution in [-0.2, 0) is 22.2 Å². The van der Waals surface area contributed by atoms with Crippen molar-refractivity contribution in [3.05, 3.63) is 39.7 Å². The van der Waals surface area contributed by atoms with E-state index in [1.54, 1.807) is 0 Å². The average molecular weight is 821 g/mol. The van der Waals surface area contributed by atoms with E-state index in [0.29, 0.717) is 49.7 Å². The van der Waals surface area contributed by atoms with Gasteiger partial charge in [0.2, 0.25) is 11.6 Å². The van der Waals surface area contributed by atoms with Gasteiger partial charge < -0.3 is 33.7 Å². The van der Waals surface area contributed by atoms with Crippen LogP contribution in [0.1, 0.15) is 146 Å². The topological polar surface area (TPSA) is 127 Å². The second kappa shape index (κ2) is 16.7. The number of aromatic nitrogens is 1. The lowest BCUT2D eigenvalue weighted by Crippen LogP contribution is -2.68. The van der Waals surface area contributed by atoms with E-state index in [9.17, 15) is 5.11 Å². The maximum atomic E-state index is 16.0. The predicted molar refractivity (Wildman–Crippen MR) is 233 cm³/mol. The highest BCUT2D eigenvalue weighted by Crippen LogP contribution is 2.60. The van der Waals surface area contributed by atoms with Crippen LogP contribution in [-0.4, -0.2) is 87.1 Å². The van der Waals surface area contributed by atoms with Crippen LogP contribution in [0.2, 0.25) is 18.1 Å². The lowest BCUT2D eigenvalue weighted by atomic mass is 9.57. The van der Waals surface area contributed by atoms with E-state index in [2.05, 4.69) is 96.8 Å². The number of fused-ring (bicyclic) bond motifs is 4. The second-order valence-electron chi connectivity index (χ2n) is 20.2. The summed E-state index contributed by atoms with van der Waals surface area (Å²) in [5, 5.41) is 20.6. The normalized spacial score (nSPS) is 24.2. The predicted octanol–water partition coefficient (Wildman–Crippen LogP) is 9.45. The molecule has 0 bridgehead atoms. The van der Waals surface area contributed by atoms with Gasteiger partial charge in [0.15, 0.2) is 19.7 Å². The molecule has 12 heteroatoms. The number of carbonyl (C=O) groups excluding carboxylic acids is 2. The summed E-state index contributed by atoms with van der Waals surface area (Å²) in [6.45, 7) is 27.0. The van der Waals surface area contributed by atoms with Crippen molar-refractivity contribution in [3.63, 3.8) is 0 Å². The SMILES string of the molecule is CCCCOc1cc(CN[C@H](C)C(C)(C)C)c(N2CCCC2)c2c1C(O)=C1C(=O)[C@]3(O[Si](C)(C)C(C)(C)C)C(=O)c4c(OCCCC)noc4[C@@H](N(C)C)[C@@H]3C[C@@H]1C2. The Morgan fingerprint density at radius 3 is 2.24 bits per heavy atom. The first kappa shape index (κ1) is 44.4. The quantitative estimate of drug-likeness (QED) is 0.101. The highest BCUT2D eigenvalue weighted by Gasteiger charge is 2.69. The Hall–Kier alpha value is -3.19. The summed E-state index contributed by atoms with van der Waals surface area (Å²) < 4.78 is 26.1. The number of ketones is 2. The van der Waals surface area contributed by atoms with Gasteiger partial charge in [-0.2, -0.15) is 0 Å². The van der Waals surface area contributed by atoms with E-state index in [1.165, 1.54) is 0 Å². The Kier molecular flexibility index (Phi) is 12.8. The molecular weight excluding hydrogens is 749 g/mol. The van der Waals surface area contributed by atoms with Crippen molar-refractivity contribution in [1.82, 2.24) is 15.4 Å². The van der Waals surface area contributed by atoms with Crippen molar-refractivity contribution in [2.24, 2.45) is 17.3 Å². The minimum absolute atomic E-state index is 0.0615. The van der Waals surface area contributed by atoms with Crippen molar-refractivity contribution in [2.75, 3.05) is 45.3 Å². The number of nitrogens with zero attached hydrogens (tertiary/aromatic N) is 3. The first-order valence-electron chi connectivity index (χ1n) is 22.0. The molecule has 0 spiro atoms. The van der Waals surface area contributed by atoms with Gasteiger partial charge >= 0.3 is 0 Å². The molecule has 1 aromatic carbocycles. The number of nitrogens with one attached hydrogen (secondary N) is 1. The smallest absolute Gasteiger partial charge is 0.265 e. The van der Waals surface area contributed by atoms with E-state index in [4.69, 9.17) is 18.4 Å². The average Bonchev–Trinajstić information content (AvgIpc) is 3.81. The van der Waals surface area contributed by atoms with Crippen LogP contribution in [0, 0.1) is 17.3 Å². The first-order chi connectivity index (χ1) is 27.2. The van der Waals surface area contributed by atoms with Gasteiger partial charge in [-0.15, -0.1) is 0 Å². The van der Waals surface area contributed by atoms with Gasteiger partial charge in [-0.3, -0.25) is 14.5 Å². The minimum Gasteiger partial charge on any atom is -0.507 e. The van der Waals surface area contributed by atoms with Crippen molar-refractivity contribution in [2.45, 2.75) is 156 Å². The van der Waals surface area contributed by atoms with E-state index in [1.807, 2.05) is 19.0 Å². The molecular formula is C46H72N4O7Si. The number of unbranched alkanes of at least 4 members (excludes halogenated alkanes) is 2. The van der Waals surface area contributed by atoms with Gasteiger partial charge in [0, 0.05) is 42.9 Å². The van der Waals surface area contributed by atoms with Crippen molar-refractivity contribution in [3.8, 4) is 11.6 Å². The highest BCUT2D eigenvalue weighted by molar-refractivity contribution is 6.74. The number of benzene rings is 1. The number of rotatable bonds is 15. The third-order valence-corrected chi connectivity index (χ3v) is 18.4. The molecule has 0 amide bonds. The maximum absolute atomic E-state index is 16.0. The van der Waals surface area contributed by atoms with Gasteiger partial charge in [-0.25, -0.2) is 0 Å². The number of Topliss-reactive ketones (excluding diaryl/α,β-unsaturated/α-hetero) is 2. The van der Waals surface area contributed by atoms with E-state index in [-0.39, 0.29) is 45.2 Å². The molecule has 2 N–H and O–H groups in total. The monoisotopic (exact) mass is 821 g/mol. The molecule has 1 saturated carbocycles. The molecule has 6 rings (SSSR count). The molecule has 322 valence electrons. The number of carbonyl (C=O) groups is 2. The van der Waals surface area contributed by atoms with Crippen LogP contribution in [0.15, 0.2) is 16.2 Å². The Bertz CT molecular complexity index is 1880. The van der Waals surface area contributed by atoms with Crippen LogP contribution in [0.4, 0.5) is 5.69 Å². The molecule has 1 aliphatic heterocycles. The fourth-order valence-corrected chi connectivity index (χ4v) is 10.6. The van der Waals surface area contributed by atoms with Crippen LogP contribution >= 0.6 is 0 Å². The molecule has 11 nitrogen and oxygen atoms in total. The Morgan fingerprint density at radius 1 is 1.02 bits per heavy atom. The van der Waals surface area contributed by atoms with Gasteiger partial charge in [-0.1, -0.05) is 68.2 Å². The van der Waals surface area contributed by atoms with E-state index in [0.717, 1.165) is 68.4 Å². The number of ether oxygens (including phenoxy) is 2. The summed E-state index contributed by atoms with van der Waals surface area (Å²) in [6, 6.07) is 1.83. The van der Waals surface area contributed by atoms with Gasteiger partial charge in [0.05, 0.1) is 24.8 Å². The maximum Gasteiger partial charge on any atom is 0.265 e. The first-order valence-corrected chi connectivity index (χ1v) is 24.9. The Labute approximate surface area is 348 Å².